The Kier molecular flexibility index (Phi) is 2.58. The molecule has 0 aromatic carbocycles. The normalized spacial score (nSPS) is 10.2. The molecule has 4 heteroatoms. The SMILES string of the molecule is Cc1cc(Cc2cccnc2)c(=O)[nH]n1. The molecular formula is C11H11N3O. The van der Waals surface area contributed by atoms with Gasteiger partial charge in [-0.2, -0.15) is 5.10 Å². The molecule has 4 nitrogen and oxygen atoms in total. The van der Waals surface area contributed by atoms with Crippen molar-refractivity contribution in [2.45, 2.75) is 13.3 Å². The molecule has 1 N–H and O–H groups in total. The van der Waals surface area contributed by atoms with Crippen molar-refractivity contribution in [1.29, 1.82) is 0 Å². The third kappa shape index (κ3) is 2.28. The molecule has 0 aliphatic rings. The van der Waals surface area contributed by atoms with Gasteiger partial charge in [0.1, 0.15) is 0 Å². The van der Waals surface area contributed by atoms with Crippen LogP contribution in [0.15, 0.2) is 35.4 Å². The van der Waals surface area contributed by atoms with Crippen LogP contribution >= 0.6 is 0 Å². The number of hydrogen-bond acceptors (Lipinski definition) is 3. The molecular weight excluding hydrogens is 190 g/mol. The molecule has 2 aromatic rings. The minimum absolute atomic E-state index is 0.135. The number of hydrogen-bond donors (Lipinski definition) is 1. The number of rotatable bonds is 2. The molecule has 0 fully saturated rings. The van der Waals surface area contributed by atoms with Crippen molar-refractivity contribution < 1.29 is 0 Å². The fourth-order valence-electron chi connectivity index (χ4n) is 1.41. The Bertz CT molecular complexity index is 505. The van der Waals surface area contributed by atoms with Crippen LogP contribution in [0, 0.1) is 6.92 Å². The quantitative estimate of drug-likeness (QED) is 0.790. The van der Waals surface area contributed by atoms with Crippen LogP contribution in [0.2, 0.25) is 0 Å². The summed E-state index contributed by atoms with van der Waals surface area (Å²) >= 11 is 0. The second kappa shape index (κ2) is 4.04. The van der Waals surface area contributed by atoms with Crippen LogP contribution in [0.25, 0.3) is 0 Å². The summed E-state index contributed by atoms with van der Waals surface area (Å²) in [7, 11) is 0. The maximum Gasteiger partial charge on any atom is 0.267 e. The molecule has 0 amide bonds. The van der Waals surface area contributed by atoms with Gasteiger partial charge in [-0.25, -0.2) is 5.10 Å². The van der Waals surface area contributed by atoms with E-state index in [0.717, 1.165) is 16.8 Å². The number of H-pyrrole nitrogens is 1. The molecule has 0 bridgehead atoms. The van der Waals surface area contributed by atoms with Gasteiger partial charge < -0.3 is 0 Å². The molecule has 0 aliphatic carbocycles. The molecule has 15 heavy (non-hydrogen) atoms. The van der Waals surface area contributed by atoms with Crippen molar-refractivity contribution >= 4 is 0 Å². The van der Waals surface area contributed by atoms with Crippen LogP contribution in [0.3, 0.4) is 0 Å². The number of aryl methyl sites for hydroxylation is 1. The number of nitrogens with one attached hydrogen (secondary N) is 1. The topological polar surface area (TPSA) is 58.6 Å². The van der Waals surface area contributed by atoms with E-state index in [4.69, 9.17) is 0 Å². The standard InChI is InChI=1S/C11H11N3O/c1-8-5-10(11(15)14-13-8)6-9-3-2-4-12-7-9/h2-5,7H,6H2,1H3,(H,14,15). The van der Waals surface area contributed by atoms with Crippen LogP contribution < -0.4 is 5.56 Å². The van der Waals surface area contributed by atoms with Gasteiger partial charge in [-0.3, -0.25) is 9.78 Å². The Hall–Kier alpha value is -1.97. The maximum absolute atomic E-state index is 11.4. The van der Waals surface area contributed by atoms with E-state index in [1.807, 2.05) is 19.1 Å². The van der Waals surface area contributed by atoms with Gasteiger partial charge in [0, 0.05) is 24.4 Å². The van der Waals surface area contributed by atoms with Crippen molar-refractivity contribution in [2.24, 2.45) is 0 Å². The summed E-state index contributed by atoms with van der Waals surface area (Å²) in [6.07, 6.45) is 4.06. The molecule has 0 unspecified atom stereocenters. The molecule has 0 atom stereocenters. The predicted octanol–water partition coefficient (Wildman–Crippen LogP) is 1.06. The molecule has 0 saturated carbocycles. The van der Waals surface area contributed by atoms with Crippen LogP contribution in [0.4, 0.5) is 0 Å². The lowest BCUT2D eigenvalue weighted by Crippen LogP contribution is -2.15. The molecule has 0 radical (unpaired) electrons. The lowest BCUT2D eigenvalue weighted by Gasteiger charge is -2.00. The van der Waals surface area contributed by atoms with Crippen molar-refractivity contribution in [1.82, 2.24) is 15.2 Å². The fraction of sp³-hybridized carbons (Fsp3) is 0.182. The molecule has 0 saturated heterocycles. The van der Waals surface area contributed by atoms with Crippen molar-refractivity contribution in [2.75, 3.05) is 0 Å². The molecule has 76 valence electrons. The Morgan fingerprint density at radius 1 is 1.47 bits per heavy atom. The zero-order chi connectivity index (χ0) is 10.7. The van der Waals surface area contributed by atoms with E-state index in [2.05, 4.69) is 15.2 Å². The highest BCUT2D eigenvalue weighted by molar-refractivity contribution is 5.22. The minimum atomic E-state index is -0.135. The Labute approximate surface area is 87.0 Å². The van der Waals surface area contributed by atoms with Gasteiger partial charge in [-0.05, 0) is 24.6 Å². The smallest absolute Gasteiger partial charge is 0.267 e. The average molecular weight is 201 g/mol. The predicted molar refractivity (Wildman–Crippen MR) is 56.6 cm³/mol. The van der Waals surface area contributed by atoms with Crippen molar-refractivity contribution in [3.8, 4) is 0 Å². The van der Waals surface area contributed by atoms with Gasteiger partial charge >= 0.3 is 0 Å². The monoisotopic (exact) mass is 201 g/mol. The van der Waals surface area contributed by atoms with Crippen LogP contribution in [-0.2, 0) is 6.42 Å². The lowest BCUT2D eigenvalue weighted by atomic mass is 10.1. The van der Waals surface area contributed by atoms with E-state index in [1.165, 1.54) is 0 Å². The number of aromatic amines is 1. The number of nitrogens with zero attached hydrogens (tertiary/aromatic N) is 2. The summed E-state index contributed by atoms with van der Waals surface area (Å²) in [5.41, 5.74) is 2.42. The van der Waals surface area contributed by atoms with E-state index >= 15 is 0 Å². The summed E-state index contributed by atoms with van der Waals surface area (Å²) < 4.78 is 0. The average Bonchev–Trinajstić information content (AvgIpc) is 2.25. The van der Waals surface area contributed by atoms with Gasteiger partial charge in [-0.1, -0.05) is 6.07 Å². The second-order valence-electron chi connectivity index (χ2n) is 3.40. The Morgan fingerprint density at radius 2 is 2.33 bits per heavy atom. The van der Waals surface area contributed by atoms with Gasteiger partial charge in [0.05, 0.1) is 5.69 Å². The summed E-state index contributed by atoms with van der Waals surface area (Å²) in [5, 5.41) is 6.29. The molecule has 2 heterocycles. The first kappa shape index (κ1) is 9.58. The van der Waals surface area contributed by atoms with Crippen molar-refractivity contribution in [3.05, 3.63) is 57.8 Å². The molecule has 0 aliphatic heterocycles. The van der Waals surface area contributed by atoms with E-state index in [9.17, 15) is 4.79 Å². The van der Waals surface area contributed by atoms with Crippen LogP contribution in [0.5, 0.6) is 0 Å². The summed E-state index contributed by atoms with van der Waals surface area (Å²) in [6.45, 7) is 1.85. The van der Waals surface area contributed by atoms with E-state index in [1.54, 1.807) is 18.5 Å². The van der Waals surface area contributed by atoms with E-state index in [0.29, 0.717) is 6.42 Å². The maximum atomic E-state index is 11.4. The first-order chi connectivity index (χ1) is 7.25. The van der Waals surface area contributed by atoms with Gasteiger partial charge in [-0.15, -0.1) is 0 Å². The summed E-state index contributed by atoms with van der Waals surface area (Å²) in [6, 6.07) is 5.60. The van der Waals surface area contributed by atoms with Gasteiger partial charge in [0.25, 0.3) is 5.56 Å². The minimum Gasteiger partial charge on any atom is -0.268 e. The zero-order valence-electron chi connectivity index (χ0n) is 8.40. The zero-order valence-corrected chi connectivity index (χ0v) is 8.40. The highest BCUT2D eigenvalue weighted by atomic mass is 16.1. The fourth-order valence-corrected chi connectivity index (χ4v) is 1.41. The Balaban J connectivity index is 2.32. The summed E-state index contributed by atoms with van der Waals surface area (Å²) in [5.74, 6) is 0. The van der Waals surface area contributed by atoms with E-state index < -0.39 is 0 Å². The number of pyridine rings is 1. The number of aromatic nitrogens is 3. The third-order valence-corrected chi connectivity index (χ3v) is 2.13. The summed E-state index contributed by atoms with van der Waals surface area (Å²) in [4.78, 5) is 15.4. The molecule has 2 aromatic heterocycles. The van der Waals surface area contributed by atoms with Crippen LogP contribution in [0.1, 0.15) is 16.8 Å². The lowest BCUT2D eigenvalue weighted by molar-refractivity contribution is 0.912. The first-order valence-electron chi connectivity index (χ1n) is 4.70. The molecule has 0 spiro atoms. The highest BCUT2D eigenvalue weighted by Gasteiger charge is 2.02. The van der Waals surface area contributed by atoms with E-state index in [-0.39, 0.29) is 5.56 Å². The first-order valence-corrected chi connectivity index (χ1v) is 4.70. The highest BCUT2D eigenvalue weighted by Crippen LogP contribution is 2.03. The third-order valence-electron chi connectivity index (χ3n) is 2.13. The largest absolute Gasteiger partial charge is 0.268 e. The molecule has 2 rings (SSSR count). The van der Waals surface area contributed by atoms with Crippen LogP contribution in [-0.4, -0.2) is 15.2 Å². The Morgan fingerprint density at radius 3 is 3.07 bits per heavy atom. The van der Waals surface area contributed by atoms with Gasteiger partial charge in [0.2, 0.25) is 0 Å². The van der Waals surface area contributed by atoms with Gasteiger partial charge in [0.15, 0.2) is 0 Å². The second-order valence-corrected chi connectivity index (χ2v) is 3.40. The van der Waals surface area contributed by atoms with Crippen molar-refractivity contribution in [3.63, 3.8) is 0 Å².